The van der Waals surface area contributed by atoms with Gasteiger partial charge in [0.1, 0.15) is 11.1 Å². The van der Waals surface area contributed by atoms with Crippen LogP contribution in [0.25, 0.3) is 0 Å². The number of hydrogen-bond acceptors (Lipinski definition) is 3. The van der Waals surface area contributed by atoms with Gasteiger partial charge in [0.2, 0.25) is 0 Å². The topological polar surface area (TPSA) is 57.9 Å². The molecule has 0 aliphatic carbocycles. The van der Waals surface area contributed by atoms with E-state index in [4.69, 9.17) is 16.9 Å². The summed E-state index contributed by atoms with van der Waals surface area (Å²) < 4.78 is 20.6. The molecule has 9 heavy (non-hydrogen) atoms. The van der Waals surface area contributed by atoms with Gasteiger partial charge in [-0.25, -0.2) is 8.42 Å². The molecule has 0 amide bonds. The van der Waals surface area contributed by atoms with Crippen LogP contribution >= 0.6 is 11.6 Å². The number of allylic oxidation sites excluding steroid dienone is 1. The molecule has 0 saturated carbocycles. The first-order chi connectivity index (χ1) is 3.95. The second-order valence-corrected chi connectivity index (χ2v) is 3.71. The minimum atomic E-state index is -3.25. The molecule has 0 unspecified atom stereocenters. The van der Waals surface area contributed by atoms with Gasteiger partial charge in [-0.1, -0.05) is 11.6 Å². The van der Waals surface area contributed by atoms with Gasteiger partial charge in [0.05, 0.1) is 5.41 Å². The highest BCUT2D eigenvalue weighted by Gasteiger charge is 1.96. The molecule has 0 aromatic heterocycles. The summed E-state index contributed by atoms with van der Waals surface area (Å²) in [7, 11) is -3.25. The van der Waals surface area contributed by atoms with Crippen LogP contribution < -0.4 is 0 Å². The molecule has 0 aliphatic rings. The number of halogens is 1. The molecular weight excluding hydrogens is 162 g/mol. The highest BCUT2D eigenvalue weighted by atomic mass is 35.5. The molecule has 50 valence electrons. The second kappa shape index (κ2) is 2.85. The Hall–Kier alpha value is -0.530. The predicted octanol–water partition coefficient (Wildman–Crippen LogP) is 0.635. The van der Waals surface area contributed by atoms with E-state index < -0.39 is 9.84 Å². The fraction of sp³-hybridized carbons (Fsp3) is 0.250. The summed E-state index contributed by atoms with van der Waals surface area (Å²) >= 11 is 5.07. The lowest BCUT2D eigenvalue weighted by Gasteiger charge is -1.81. The standard InChI is InChI=1S/C4H4ClNO2S/c1-9(7,8)3-4(5)2-6/h3H,1H3. The van der Waals surface area contributed by atoms with Crippen molar-refractivity contribution in [2.75, 3.05) is 6.26 Å². The molecule has 0 aromatic rings. The molecule has 0 rings (SSSR count). The summed E-state index contributed by atoms with van der Waals surface area (Å²) in [6.45, 7) is 0. The van der Waals surface area contributed by atoms with Gasteiger partial charge in [-0.05, 0) is 0 Å². The molecule has 5 heteroatoms. The second-order valence-electron chi connectivity index (χ2n) is 1.41. The zero-order chi connectivity index (χ0) is 7.49. The number of rotatable bonds is 1. The van der Waals surface area contributed by atoms with Crippen LogP contribution in [0.5, 0.6) is 0 Å². The first kappa shape index (κ1) is 8.47. The Kier molecular flexibility index (Phi) is 2.68. The molecule has 0 fully saturated rings. The molecular formula is C4H4ClNO2S. The largest absolute Gasteiger partial charge is 0.225 e. The van der Waals surface area contributed by atoms with Gasteiger partial charge in [0.25, 0.3) is 0 Å². The Bertz CT molecular complexity index is 259. The van der Waals surface area contributed by atoms with E-state index in [1.165, 1.54) is 6.07 Å². The number of nitriles is 1. The summed E-state index contributed by atoms with van der Waals surface area (Å²) in [5.41, 5.74) is 0. The smallest absolute Gasteiger partial charge is 0.170 e. The molecule has 0 spiro atoms. The van der Waals surface area contributed by atoms with Crippen LogP contribution in [0.4, 0.5) is 0 Å². The van der Waals surface area contributed by atoms with Gasteiger partial charge in [0, 0.05) is 6.26 Å². The van der Waals surface area contributed by atoms with Gasteiger partial charge in [-0.15, -0.1) is 0 Å². The Morgan fingerprint density at radius 2 is 2.22 bits per heavy atom. The maximum absolute atomic E-state index is 10.3. The van der Waals surface area contributed by atoms with Crippen molar-refractivity contribution in [1.29, 1.82) is 5.26 Å². The Morgan fingerprint density at radius 3 is 2.33 bits per heavy atom. The molecule has 0 bridgehead atoms. The third-order valence-corrected chi connectivity index (χ3v) is 1.41. The van der Waals surface area contributed by atoms with E-state index in [0.29, 0.717) is 5.41 Å². The lowest BCUT2D eigenvalue weighted by Crippen LogP contribution is -1.88. The maximum Gasteiger partial charge on any atom is 0.170 e. The lowest BCUT2D eigenvalue weighted by atomic mass is 10.7. The van der Waals surface area contributed by atoms with Crippen LogP contribution in [-0.4, -0.2) is 14.7 Å². The number of hydrogen-bond donors (Lipinski definition) is 0. The van der Waals surface area contributed by atoms with Crippen LogP contribution in [0.15, 0.2) is 10.4 Å². The van der Waals surface area contributed by atoms with E-state index in [0.717, 1.165) is 6.26 Å². The van der Waals surface area contributed by atoms with Crippen molar-refractivity contribution in [3.63, 3.8) is 0 Å². The summed E-state index contributed by atoms with van der Waals surface area (Å²) in [5, 5.41) is 8.36. The van der Waals surface area contributed by atoms with E-state index >= 15 is 0 Å². The highest BCUT2D eigenvalue weighted by Crippen LogP contribution is 2.00. The minimum absolute atomic E-state index is 0.322. The Morgan fingerprint density at radius 1 is 1.78 bits per heavy atom. The van der Waals surface area contributed by atoms with Crippen molar-refractivity contribution in [2.24, 2.45) is 0 Å². The van der Waals surface area contributed by atoms with Crippen molar-refractivity contribution in [3.05, 3.63) is 10.4 Å². The first-order valence-corrected chi connectivity index (χ1v) is 4.26. The summed E-state index contributed by atoms with van der Waals surface area (Å²) in [5.74, 6) is 0. The first-order valence-electron chi connectivity index (χ1n) is 1.93. The lowest BCUT2D eigenvalue weighted by molar-refractivity contribution is 0.610. The van der Waals surface area contributed by atoms with Gasteiger partial charge in [-0.3, -0.25) is 0 Å². The molecule has 0 aromatic carbocycles. The van der Waals surface area contributed by atoms with Gasteiger partial charge < -0.3 is 0 Å². The molecule has 0 N–H and O–H groups in total. The zero-order valence-electron chi connectivity index (χ0n) is 4.63. The van der Waals surface area contributed by atoms with Gasteiger partial charge in [-0.2, -0.15) is 5.26 Å². The van der Waals surface area contributed by atoms with Crippen LogP contribution in [0, 0.1) is 11.3 Å². The normalized spacial score (nSPS) is 12.8. The number of sulfone groups is 1. The zero-order valence-corrected chi connectivity index (χ0v) is 6.20. The summed E-state index contributed by atoms with van der Waals surface area (Å²) in [4.78, 5) is 0. The van der Waals surface area contributed by atoms with E-state index in [-0.39, 0.29) is 5.03 Å². The molecule has 0 radical (unpaired) electrons. The van der Waals surface area contributed by atoms with E-state index in [2.05, 4.69) is 0 Å². The van der Waals surface area contributed by atoms with Crippen molar-refractivity contribution in [2.45, 2.75) is 0 Å². The monoisotopic (exact) mass is 165 g/mol. The van der Waals surface area contributed by atoms with Crippen LogP contribution in [0.3, 0.4) is 0 Å². The van der Waals surface area contributed by atoms with Gasteiger partial charge >= 0.3 is 0 Å². The average Bonchev–Trinajstić information content (AvgIpc) is 1.62. The quantitative estimate of drug-likeness (QED) is 0.536. The van der Waals surface area contributed by atoms with Crippen molar-refractivity contribution < 1.29 is 8.42 Å². The SMILES string of the molecule is CS(=O)(=O)C=C(Cl)C#N. The van der Waals surface area contributed by atoms with Crippen molar-refractivity contribution in [1.82, 2.24) is 0 Å². The summed E-state index contributed by atoms with van der Waals surface area (Å²) in [6.07, 6.45) is 0.965. The van der Waals surface area contributed by atoms with Crippen molar-refractivity contribution >= 4 is 21.4 Å². The molecule has 0 saturated heterocycles. The number of nitrogens with zero attached hydrogens (tertiary/aromatic N) is 1. The van der Waals surface area contributed by atoms with Crippen molar-refractivity contribution in [3.8, 4) is 6.07 Å². The van der Waals surface area contributed by atoms with E-state index in [9.17, 15) is 8.42 Å². The fourth-order valence-electron chi connectivity index (χ4n) is 0.214. The third-order valence-electron chi connectivity index (χ3n) is 0.424. The van der Waals surface area contributed by atoms with Crippen LogP contribution in [0.2, 0.25) is 0 Å². The molecule has 0 heterocycles. The molecule has 0 aliphatic heterocycles. The van der Waals surface area contributed by atoms with E-state index in [1.807, 2.05) is 0 Å². The van der Waals surface area contributed by atoms with E-state index in [1.54, 1.807) is 0 Å². The summed E-state index contributed by atoms with van der Waals surface area (Å²) in [6, 6.07) is 1.47. The Balaban J connectivity index is 4.58. The van der Waals surface area contributed by atoms with Crippen LogP contribution in [-0.2, 0) is 9.84 Å². The third kappa shape index (κ3) is 5.34. The van der Waals surface area contributed by atoms with Crippen LogP contribution in [0.1, 0.15) is 0 Å². The predicted molar refractivity (Wildman–Crippen MR) is 34.4 cm³/mol. The Labute approximate surface area is 58.5 Å². The fourth-order valence-corrected chi connectivity index (χ4v) is 1.13. The molecule has 3 nitrogen and oxygen atoms in total. The highest BCUT2D eigenvalue weighted by molar-refractivity contribution is 7.93. The average molecular weight is 166 g/mol. The molecule has 0 atom stereocenters. The maximum atomic E-state index is 10.3. The van der Waals surface area contributed by atoms with Gasteiger partial charge in [0.15, 0.2) is 9.84 Å². The minimum Gasteiger partial charge on any atom is -0.225 e.